The van der Waals surface area contributed by atoms with Crippen LogP contribution >= 0.6 is 11.6 Å². The molecule has 0 unspecified atom stereocenters. The second kappa shape index (κ2) is 9.37. The molecule has 1 atom stereocenters. The van der Waals surface area contributed by atoms with Gasteiger partial charge in [-0.15, -0.1) is 0 Å². The van der Waals surface area contributed by atoms with Crippen molar-refractivity contribution in [3.63, 3.8) is 0 Å². The van der Waals surface area contributed by atoms with Crippen LogP contribution in [0.15, 0.2) is 41.3 Å². The molecule has 1 aliphatic heterocycles. The lowest BCUT2D eigenvalue weighted by Gasteiger charge is -2.31. The van der Waals surface area contributed by atoms with Crippen LogP contribution in [0, 0.1) is 19.8 Å². The number of amides is 1. The summed E-state index contributed by atoms with van der Waals surface area (Å²) in [6, 6.07) is 10.2. The van der Waals surface area contributed by atoms with Crippen LogP contribution in [0.3, 0.4) is 0 Å². The topological polar surface area (TPSA) is 75.7 Å². The average molecular weight is 451 g/mol. The van der Waals surface area contributed by atoms with Crippen molar-refractivity contribution < 1.29 is 17.9 Å². The van der Waals surface area contributed by atoms with E-state index in [0.717, 1.165) is 11.1 Å². The standard InChI is InChI=1S/C22H27ClN2O4S/c1-4-29-21-10-9-19(12-16(21)3)30(27,28)25-11-5-6-17(14-25)22(26)24-18-8-7-15(2)20(23)13-18/h7-10,12-13,17H,4-6,11,14H2,1-3H3,(H,24,26)/t17-/m1/s1. The van der Waals surface area contributed by atoms with Crippen LogP contribution in [0.1, 0.15) is 30.9 Å². The van der Waals surface area contributed by atoms with E-state index >= 15 is 0 Å². The molecule has 0 aromatic heterocycles. The van der Waals surface area contributed by atoms with E-state index in [4.69, 9.17) is 16.3 Å². The van der Waals surface area contributed by atoms with Crippen molar-refractivity contribution in [2.24, 2.45) is 5.92 Å². The highest BCUT2D eigenvalue weighted by molar-refractivity contribution is 7.89. The molecule has 1 aliphatic rings. The molecular weight excluding hydrogens is 424 g/mol. The maximum atomic E-state index is 13.2. The van der Waals surface area contributed by atoms with Crippen molar-refractivity contribution in [3.05, 3.63) is 52.5 Å². The third-order valence-electron chi connectivity index (χ3n) is 5.28. The Kier molecular flexibility index (Phi) is 7.06. The summed E-state index contributed by atoms with van der Waals surface area (Å²) in [6.07, 6.45) is 1.27. The SMILES string of the molecule is CCOc1ccc(S(=O)(=O)N2CCC[C@@H](C(=O)Nc3ccc(C)c(Cl)c3)C2)cc1C. The molecule has 2 aromatic rings. The van der Waals surface area contributed by atoms with Gasteiger partial charge in [-0.3, -0.25) is 4.79 Å². The second-order valence-electron chi connectivity index (χ2n) is 7.52. The fourth-order valence-electron chi connectivity index (χ4n) is 3.54. The van der Waals surface area contributed by atoms with Crippen molar-refractivity contribution in [3.8, 4) is 5.75 Å². The zero-order valence-electron chi connectivity index (χ0n) is 17.4. The molecule has 2 aromatic carbocycles. The summed E-state index contributed by atoms with van der Waals surface area (Å²) in [5, 5.41) is 3.44. The minimum atomic E-state index is -3.69. The Labute approximate surface area is 183 Å². The van der Waals surface area contributed by atoms with E-state index in [1.54, 1.807) is 30.3 Å². The highest BCUT2D eigenvalue weighted by atomic mass is 35.5. The van der Waals surface area contributed by atoms with E-state index in [1.165, 1.54) is 4.31 Å². The lowest BCUT2D eigenvalue weighted by atomic mass is 9.98. The zero-order valence-corrected chi connectivity index (χ0v) is 19.0. The molecule has 0 bridgehead atoms. The molecule has 1 fully saturated rings. The van der Waals surface area contributed by atoms with Gasteiger partial charge >= 0.3 is 0 Å². The first kappa shape index (κ1) is 22.6. The van der Waals surface area contributed by atoms with Crippen LogP contribution in [0.25, 0.3) is 0 Å². The highest BCUT2D eigenvalue weighted by Gasteiger charge is 2.33. The van der Waals surface area contributed by atoms with Crippen LogP contribution in [0.4, 0.5) is 5.69 Å². The lowest BCUT2D eigenvalue weighted by molar-refractivity contribution is -0.120. The third-order valence-corrected chi connectivity index (χ3v) is 7.55. The number of carbonyl (C=O) groups excluding carboxylic acids is 1. The van der Waals surface area contributed by atoms with Gasteiger partial charge in [0, 0.05) is 23.8 Å². The van der Waals surface area contributed by atoms with Crippen molar-refractivity contribution >= 4 is 33.2 Å². The van der Waals surface area contributed by atoms with Crippen molar-refractivity contribution in [2.45, 2.75) is 38.5 Å². The van der Waals surface area contributed by atoms with Gasteiger partial charge in [0.05, 0.1) is 17.4 Å². The Bertz CT molecular complexity index is 1040. The quantitative estimate of drug-likeness (QED) is 0.707. The molecule has 0 saturated carbocycles. The van der Waals surface area contributed by atoms with Crippen molar-refractivity contribution in [1.82, 2.24) is 4.31 Å². The number of halogens is 1. The van der Waals surface area contributed by atoms with Gasteiger partial charge in [-0.2, -0.15) is 4.31 Å². The molecular formula is C22H27ClN2O4S. The number of nitrogens with zero attached hydrogens (tertiary/aromatic N) is 1. The highest BCUT2D eigenvalue weighted by Crippen LogP contribution is 2.28. The number of piperidine rings is 1. The summed E-state index contributed by atoms with van der Waals surface area (Å²) >= 11 is 6.13. The minimum Gasteiger partial charge on any atom is -0.494 e. The average Bonchev–Trinajstić information content (AvgIpc) is 2.72. The monoisotopic (exact) mass is 450 g/mol. The number of ether oxygens (including phenoxy) is 1. The van der Waals surface area contributed by atoms with Gasteiger partial charge in [0.25, 0.3) is 0 Å². The second-order valence-corrected chi connectivity index (χ2v) is 9.86. The van der Waals surface area contributed by atoms with Crippen molar-refractivity contribution in [2.75, 3.05) is 25.0 Å². The van der Waals surface area contributed by atoms with Gasteiger partial charge < -0.3 is 10.1 Å². The van der Waals surface area contributed by atoms with E-state index in [2.05, 4.69) is 5.32 Å². The molecule has 0 spiro atoms. The molecule has 30 heavy (non-hydrogen) atoms. The molecule has 6 nitrogen and oxygen atoms in total. The number of carbonyl (C=O) groups is 1. The molecule has 162 valence electrons. The number of rotatable bonds is 6. The van der Waals surface area contributed by atoms with Crippen LogP contribution in [0.2, 0.25) is 5.02 Å². The number of hydrogen-bond acceptors (Lipinski definition) is 4. The number of nitrogens with one attached hydrogen (secondary N) is 1. The Hall–Kier alpha value is -2.09. The molecule has 8 heteroatoms. The molecule has 0 aliphatic carbocycles. The van der Waals surface area contributed by atoms with E-state index in [0.29, 0.717) is 42.5 Å². The number of sulfonamides is 1. The fraction of sp³-hybridized carbons (Fsp3) is 0.409. The van der Waals surface area contributed by atoms with Gasteiger partial charge in [-0.05, 0) is 75.1 Å². The first-order valence-electron chi connectivity index (χ1n) is 10.0. The maximum Gasteiger partial charge on any atom is 0.243 e. The van der Waals surface area contributed by atoms with E-state index in [-0.39, 0.29) is 17.3 Å². The molecule has 0 radical (unpaired) electrons. The summed E-state index contributed by atoms with van der Waals surface area (Å²) in [7, 11) is -3.69. The summed E-state index contributed by atoms with van der Waals surface area (Å²) in [6.45, 7) is 6.66. The molecule has 1 saturated heterocycles. The minimum absolute atomic E-state index is 0.153. The Balaban J connectivity index is 1.73. The number of aryl methyl sites for hydroxylation is 2. The van der Waals surface area contributed by atoms with Gasteiger partial charge in [0.1, 0.15) is 5.75 Å². The Morgan fingerprint density at radius 1 is 1.20 bits per heavy atom. The summed E-state index contributed by atoms with van der Waals surface area (Å²) in [5.41, 5.74) is 2.30. The molecule has 1 amide bonds. The van der Waals surface area contributed by atoms with Crippen LogP contribution in [0.5, 0.6) is 5.75 Å². The number of benzene rings is 2. The zero-order chi connectivity index (χ0) is 21.9. The predicted molar refractivity (Wildman–Crippen MR) is 119 cm³/mol. The largest absolute Gasteiger partial charge is 0.494 e. The van der Waals surface area contributed by atoms with Gasteiger partial charge in [0.15, 0.2) is 0 Å². The number of hydrogen-bond donors (Lipinski definition) is 1. The van der Waals surface area contributed by atoms with Crippen LogP contribution in [-0.2, 0) is 14.8 Å². The summed E-state index contributed by atoms with van der Waals surface area (Å²) in [5.74, 6) is 0.0548. The van der Waals surface area contributed by atoms with Crippen molar-refractivity contribution in [1.29, 1.82) is 0 Å². The predicted octanol–water partition coefficient (Wildman–Crippen LogP) is 4.39. The summed E-state index contributed by atoms with van der Waals surface area (Å²) < 4.78 is 33.2. The van der Waals surface area contributed by atoms with Gasteiger partial charge in [-0.25, -0.2) is 8.42 Å². The van der Waals surface area contributed by atoms with Gasteiger partial charge in [-0.1, -0.05) is 17.7 Å². The molecule has 1 heterocycles. The normalized spacial score (nSPS) is 17.5. The fourth-order valence-corrected chi connectivity index (χ4v) is 5.33. The molecule has 1 N–H and O–H groups in total. The number of anilines is 1. The van der Waals surface area contributed by atoms with Crippen LogP contribution < -0.4 is 10.1 Å². The van der Waals surface area contributed by atoms with E-state index in [1.807, 2.05) is 26.8 Å². The van der Waals surface area contributed by atoms with Gasteiger partial charge in [0.2, 0.25) is 15.9 Å². The maximum absolute atomic E-state index is 13.2. The first-order valence-corrected chi connectivity index (χ1v) is 11.8. The van der Waals surface area contributed by atoms with Crippen LogP contribution in [-0.4, -0.2) is 38.3 Å². The summed E-state index contributed by atoms with van der Waals surface area (Å²) in [4.78, 5) is 13.0. The lowest BCUT2D eigenvalue weighted by Crippen LogP contribution is -2.43. The first-order chi connectivity index (χ1) is 14.2. The van der Waals surface area contributed by atoms with E-state index < -0.39 is 15.9 Å². The Morgan fingerprint density at radius 2 is 1.97 bits per heavy atom. The molecule has 3 rings (SSSR count). The Morgan fingerprint density at radius 3 is 2.63 bits per heavy atom. The smallest absolute Gasteiger partial charge is 0.243 e. The third kappa shape index (κ3) is 4.96. The van der Waals surface area contributed by atoms with E-state index in [9.17, 15) is 13.2 Å².